The molecular formula is C23H33F3N4O4. The Morgan fingerprint density at radius 2 is 1.74 bits per heavy atom. The van der Waals surface area contributed by atoms with E-state index in [9.17, 15) is 27.6 Å². The number of halogens is 3. The Kier molecular flexibility index (Phi) is 10.8. The summed E-state index contributed by atoms with van der Waals surface area (Å²) in [6.45, 7) is 7.40. The highest BCUT2D eigenvalue weighted by Gasteiger charge is 2.29. The third-order valence-electron chi connectivity index (χ3n) is 5.63. The van der Waals surface area contributed by atoms with Crippen LogP contribution in [0.3, 0.4) is 0 Å². The first-order valence-corrected chi connectivity index (χ1v) is 11.4. The van der Waals surface area contributed by atoms with Crippen LogP contribution >= 0.6 is 0 Å². The number of piperidine rings is 1. The monoisotopic (exact) mass is 486 g/mol. The maximum atomic E-state index is 13.7. The van der Waals surface area contributed by atoms with E-state index < -0.39 is 47.5 Å². The van der Waals surface area contributed by atoms with E-state index in [1.165, 1.54) is 0 Å². The minimum atomic E-state index is -1.69. The number of anilines is 1. The molecule has 0 saturated carbocycles. The molecule has 0 aromatic heterocycles. The largest absolute Gasteiger partial charge is 0.379 e. The highest BCUT2D eigenvalue weighted by molar-refractivity contribution is 5.95. The average molecular weight is 487 g/mol. The second-order valence-corrected chi connectivity index (χ2v) is 8.54. The van der Waals surface area contributed by atoms with Crippen molar-refractivity contribution in [2.45, 2.75) is 52.2 Å². The number of nitrogens with zero attached hydrogens (tertiary/aromatic N) is 1. The van der Waals surface area contributed by atoms with Crippen LogP contribution in [-0.2, 0) is 19.1 Å². The zero-order valence-electron chi connectivity index (χ0n) is 19.8. The molecule has 1 heterocycles. The Morgan fingerprint density at radius 3 is 2.38 bits per heavy atom. The van der Waals surface area contributed by atoms with E-state index in [2.05, 4.69) is 16.0 Å². The molecule has 1 aliphatic rings. The minimum Gasteiger partial charge on any atom is -0.379 e. The van der Waals surface area contributed by atoms with Crippen LogP contribution in [0.2, 0.25) is 0 Å². The molecule has 8 nitrogen and oxygen atoms in total. The minimum absolute atomic E-state index is 0.00225. The van der Waals surface area contributed by atoms with Gasteiger partial charge in [-0.25, -0.2) is 13.2 Å². The SMILES string of the molecule is CC(C)OCCCNC(=O)C1CCN(C(C)C(=O)NCC(=O)Nc2ccc(F)c(F)c2F)CC1. The maximum absolute atomic E-state index is 13.7. The van der Waals surface area contributed by atoms with Gasteiger partial charge in [-0.3, -0.25) is 19.3 Å². The molecule has 11 heteroatoms. The van der Waals surface area contributed by atoms with Crippen molar-refractivity contribution in [1.29, 1.82) is 0 Å². The Hall–Kier alpha value is -2.66. The summed E-state index contributed by atoms with van der Waals surface area (Å²) in [6, 6.07) is 1.06. The summed E-state index contributed by atoms with van der Waals surface area (Å²) >= 11 is 0. The Morgan fingerprint density at radius 1 is 1.06 bits per heavy atom. The van der Waals surface area contributed by atoms with Gasteiger partial charge in [-0.2, -0.15) is 0 Å². The fourth-order valence-corrected chi connectivity index (χ4v) is 3.59. The Bertz CT molecular complexity index is 861. The number of rotatable bonds is 11. The number of hydrogen-bond acceptors (Lipinski definition) is 5. The van der Waals surface area contributed by atoms with Crippen molar-refractivity contribution in [2.75, 3.05) is 38.1 Å². The molecule has 1 aromatic rings. The molecular weight excluding hydrogens is 453 g/mol. The van der Waals surface area contributed by atoms with E-state index in [0.717, 1.165) is 12.5 Å². The lowest BCUT2D eigenvalue weighted by molar-refractivity contribution is -0.130. The molecule has 1 unspecified atom stereocenters. The lowest BCUT2D eigenvalue weighted by Gasteiger charge is -2.34. The molecule has 1 atom stereocenters. The molecule has 2 rings (SSSR count). The lowest BCUT2D eigenvalue weighted by Crippen LogP contribution is -2.50. The van der Waals surface area contributed by atoms with E-state index in [1.54, 1.807) is 6.92 Å². The molecule has 1 aromatic carbocycles. The molecule has 3 amide bonds. The Labute approximate surface area is 197 Å². The highest BCUT2D eigenvalue weighted by Crippen LogP contribution is 2.20. The third-order valence-corrected chi connectivity index (χ3v) is 5.63. The summed E-state index contributed by atoms with van der Waals surface area (Å²) in [5.74, 6) is -5.86. The quantitative estimate of drug-likeness (QED) is 0.329. The van der Waals surface area contributed by atoms with Crippen LogP contribution in [0.1, 0.15) is 40.0 Å². The number of ether oxygens (including phenoxy) is 1. The van der Waals surface area contributed by atoms with Gasteiger partial charge in [0.05, 0.1) is 24.4 Å². The van der Waals surface area contributed by atoms with E-state index in [1.807, 2.05) is 18.7 Å². The van der Waals surface area contributed by atoms with Crippen LogP contribution in [0.15, 0.2) is 12.1 Å². The maximum Gasteiger partial charge on any atom is 0.243 e. The number of benzene rings is 1. The van der Waals surface area contributed by atoms with Gasteiger partial charge in [-0.1, -0.05) is 0 Å². The van der Waals surface area contributed by atoms with Crippen molar-refractivity contribution in [1.82, 2.24) is 15.5 Å². The molecule has 190 valence electrons. The fraction of sp³-hybridized carbons (Fsp3) is 0.609. The topological polar surface area (TPSA) is 99.8 Å². The molecule has 1 fully saturated rings. The summed E-state index contributed by atoms with van der Waals surface area (Å²) in [4.78, 5) is 38.6. The normalized spacial score (nSPS) is 15.7. The molecule has 0 spiro atoms. The van der Waals surface area contributed by atoms with E-state index >= 15 is 0 Å². The zero-order valence-corrected chi connectivity index (χ0v) is 19.8. The second-order valence-electron chi connectivity index (χ2n) is 8.54. The number of likely N-dealkylation sites (tertiary alicyclic amines) is 1. The van der Waals surface area contributed by atoms with Gasteiger partial charge in [0, 0.05) is 19.1 Å². The number of nitrogens with one attached hydrogen (secondary N) is 3. The standard InChI is InChI=1S/C23H33F3N4O4/c1-14(2)34-12-4-9-27-23(33)16-7-10-30(11-8-16)15(3)22(32)28-13-19(31)29-18-6-5-17(24)20(25)21(18)26/h5-6,14-16H,4,7-13H2,1-3H3,(H,27,33)(H,28,32)(H,29,31). The van der Waals surface area contributed by atoms with E-state index in [0.29, 0.717) is 45.1 Å². The third kappa shape index (κ3) is 8.28. The van der Waals surface area contributed by atoms with Crippen LogP contribution in [0.25, 0.3) is 0 Å². The van der Waals surface area contributed by atoms with Crippen molar-refractivity contribution in [2.24, 2.45) is 5.92 Å². The zero-order chi connectivity index (χ0) is 25.3. The first-order chi connectivity index (χ1) is 16.1. The smallest absolute Gasteiger partial charge is 0.243 e. The first-order valence-electron chi connectivity index (χ1n) is 11.4. The predicted octanol–water partition coefficient (Wildman–Crippen LogP) is 2.19. The average Bonchev–Trinajstić information content (AvgIpc) is 2.82. The molecule has 34 heavy (non-hydrogen) atoms. The van der Waals surface area contributed by atoms with Crippen LogP contribution in [0.5, 0.6) is 0 Å². The summed E-state index contributed by atoms with van der Waals surface area (Å²) < 4.78 is 45.3. The fourth-order valence-electron chi connectivity index (χ4n) is 3.59. The van der Waals surface area contributed by atoms with Crippen molar-refractivity contribution >= 4 is 23.4 Å². The summed E-state index contributed by atoms with van der Waals surface area (Å²) in [5.41, 5.74) is -0.515. The van der Waals surface area contributed by atoms with Crippen molar-refractivity contribution in [3.63, 3.8) is 0 Å². The number of carbonyl (C=O) groups excluding carboxylic acids is 3. The summed E-state index contributed by atoms with van der Waals surface area (Å²) in [6.07, 6.45) is 2.14. The first kappa shape index (κ1) is 27.6. The van der Waals surface area contributed by atoms with Crippen LogP contribution in [-0.4, -0.2) is 67.6 Å². The van der Waals surface area contributed by atoms with Crippen molar-refractivity contribution in [3.05, 3.63) is 29.6 Å². The second kappa shape index (κ2) is 13.3. The molecule has 1 aliphatic heterocycles. The van der Waals surface area contributed by atoms with Crippen LogP contribution in [0, 0.1) is 23.4 Å². The molecule has 1 saturated heterocycles. The van der Waals surface area contributed by atoms with Gasteiger partial charge in [0.1, 0.15) is 0 Å². The van der Waals surface area contributed by atoms with Gasteiger partial charge in [-0.05, 0) is 65.3 Å². The highest BCUT2D eigenvalue weighted by atomic mass is 19.2. The molecule has 0 radical (unpaired) electrons. The summed E-state index contributed by atoms with van der Waals surface area (Å²) in [7, 11) is 0. The van der Waals surface area contributed by atoms with Crippen molar-refractivity contribution in [3.8, 4) is 0 Å². The van der Waals surface area contributed by atoms with Gasteiger partial charge in [0.2, 0.25) is 17.7 Å². The van der Waals surface area contributed by atoms with Gasteiger partial charge < -0.3 is 20.7 Å². The molecule has 3 N–H and O–H groups in total. The molecule has 0 aliphatic carbocycles. The summed E-state index contributed by atoms with van der Waals surface area (Å²) in [5, 5.41) is 7.48. The van der Waals surface area contributed by atoms with Gasteiger partial charge in [0.15, 0.2) is 17.5 Å². The van der Waals surface area contributed by atoms with Crippen LogP contribution < -0.4 is 16.0 Å². The number of hydrogen-bond donors (Lipinski definition) is 3. The Balaban J connectivity index is 1.70. The van der Waals surface area contributed by atoms with Crippen molar-refractivity contribution < 1.29 is 32.3 Å². The lowest BCUT2D eigenvalue weighted by atomic mass is 9.95. The van der Waals surface area contributed by atoms with Gasteiger partial charge in [-0.15, -0.1) is 0 Å². The van der Waals surface area contributed by atoms with Gasteiger partial charge in [0.25, 0.3) is 0 Å². The predicted molar refractivity (Wildman–Crippen MR) is 120 cm³/mol. The van der Waals surface area contributed by atoms with E-state index in [-0.39, 0.29) is 17.9 Å². The molecule has 0 bridgehead atoms. The number of carbonyl (C=O) groups is 3. The van der Waals surface area contributed by atoms with E-state index in [4.69, 9.17) is 4.74 Å². The van der Waals surface area contributed by atoms with Gasteiger partial charge >= 0.3 is 0 Å². The number of amides is 3. The van der Waals surface area contributed by atoms with Crippen LogP contribution in [0.4, 0.5) is 18.9 Å².